The standard InChI is InChI=1S/C14H9F3N2O/c15-14(16,17)9-2-1-8-5-13(20-12(8)6-9)11-4-3-10(18)7-19-11/h1-7H,18H2. The Balaban J connectivity index is 2.09. The molecule has 2 N–H and O–H groups in total. The Morgan fingerprint density at radius 1 is 1.05 bits per heavy atom. The van der Waals surface area contributed by atoms with E-state index < -0.39 is 11.7 Å². The lowest BCUT2D eigenvalue weighted by Crippen LogP contribution is -2.03. The van der Waals surface area contributed by atoms with E-state index in [1.54, 1.807) is 18.2 Å². The van der Waals surface area contributed by atoms with Gasteiger partial charge >= 0.3 is 6.18 Å². The first kappa shape index (κ1) is 12.5. The minimum Gasteiger partial charge on any atom is -0.454 e. The van der Waals surface area contributed by atoms with E-state index in [1.807, 2.05) is 0 Å². The summed E-state index contributed by atoms with van der Waals surface area (Å²) >= 11 is 0. The highest BCUT2D eigenvalue weighted by Crippen LogP contribution is 2.34. The average molecular weight is 278 g/mol. The molecule has 0 aliphatic heterocycles. The molecule has 0 atom stereocenters. The highest BCUT2D eigenvalue weighted by Gasteiger charge is 2.30. The fourth-order valence-electron chi connectivity index (χ4n) is 1.88. The molecule has 102 valence electrons. The second kappa shape index (κ2) is 4.26. The zero-order valence-electron chi connectivity index (χ0n) is 10.1. The summed E-state index contributed by atoms with van der Waals surface area (Å²) in [5.41, 5.74) is 5.99. The van der Waals surface area contributed by atoms with Gasteiger partial charge in [0.05, 0.1) is 17.4 Å². The van der Waals surface area contributed by atoms with Gasteiger partial charge in [-0.1, -0.05) is 6.07 Å². The highest BCUT2D eigenvalue weighted by molar-refractivity contribution is 5.83. The number of pyridine rings is 1. The van der Waals surface area contributed by atoms with Crippen molar-refractivity contribution in [2.75, 3.05) is 5.73 Å². The van der Waals surface area contributed by atoms with Crippen LogP contribution in [-0.4, -0.2) is 4.98 Å². The van der Waals surface area contributed by atoms with E-state index in [9.17, 15) is 13.2 Å². The summed E-state index contributed by atoms with van der Waals surface area (Å²) in [5, 5.41) is 0.589. The Bertz CT molecular complexity index is 760. The van der Waals surface area contributed by atoms with Crippen LogP contribution in [0.4, 0.5) is 18.9 Å². The predicted octanol–water partition coefficient (Wildman–Crippen LogP) is 4.10. The summed E-state index contributed by atoms with van der Waals surface area (Å²) in [6, 6.07) is 8.33. The normalized spacial score (nSPS) is 11.9. The van der Waals surface area contributed by atoms with Crippen molar-refractivity contribution in [1.29, 1.82) is 0 Å². The van der Waals surface area contributed by atoms with Crippen molar-refractivity contribution in [1.82, 2.24) is 4.98 Å². The number of anilines is 1. The lowest BCUT2D eigenvalue weighted by molar-refractivity contribution is -0.137. The summed E-state index contributed by atoms with van der Waals surface area (Å²) in [6.07, 6.45) is -2.93. The summed E-state index contributed by atoms with van der Waals surface area (Å²) in [5.74, 6) is 0.402. The minimum absolute atomic E-state index is 0.174. The van der Waals surface area contributed by atoms with E-state index in [4.69, 9.17) is 10.2 Å². The number of rotatable bonds is 1. The number of nitrogens with zero attached hydrogens (tertiary/aromatic N) is 1. The van der Waals surface area contributed by atoms with Gasteiger partial charge in [-0.25, -0.2) is 0 Å². The molecule has 0 bridgehead atoms. The van der Waals surface area contributed by atoms with Gasteiger partial charge in [0.15, 0.2) is 5.76 Å². The fourth-order valence-corrected chi connectivity index (χ4v) is 1.88. The van der Waals surface area contributed by atoms with E-state index in [1.165, 1.54) is 12.3 Å². The summed E-state index contributed by atoms with van der Waals surface area (Å²) in [4.78, 5) is 4.07. The van der Waals surface area contributed by atoms with Crippen LogP contribution in [0.25, 0.3) is 22.4 Å². The van der Waals surface area contributed by atoms with Crippen molar-refractivity contribution in [3.63, 3.8) is 0 Å². The summed E-state index contributed by atoms with van der Waals surface area (Å²) in [7, 11) is 0. The van der Waals surface area contributed by atoms with Crippen LogP contribution in [0.3, 0.4) is 0 Å². The molecule has 0 amide bonds. The third kappa shape index (κ3) is 2.20. The Morgan fingerprint density at radius 3 is 2.50 bits per heavy atom. The Hall–Kier alpha value is -2.50. The van der Waals surface area contributed by atoms with Crippen LogP contribution in [-0.2, 0) is 6.18 Å². The van der Waals surface area contributed by atoms with Gasteiger partial charge in [0, 0.05) is 5.39 Å². The molecule has 0 fully saturated rings. The number of aromatic nitrogens is 1. The zero-order valence-corrected chi connectivity index (χ0v) is 10.1. The van der Waals surface area contributed by atoms with Gasteiger partial charge in [0.25, 0.3) is 0 Å². The van der Waals surface area contributed by atoms with E-state index in [0.717, 1.165) is 12.1 Å². The van der Waals surface area contributed by atoms with Gasteiger partial charge in [-0.2, -0.15) is 13.2 Å². The van der Waals surface area contributed by atoms with E-state index in [2.05, 4.69) is 4.98 Å². The van der Waals surface area contributed by atoms with E-state index in [0.29, 0.717) is 22.5 Å². The lowest BCUT2D eigenvalue weighted by atomic mass is 10.1. The van der Waals surface area contributed by atoms with E-state index >= 15 is 0 Å². The van der Waals surface area contributed by atoms with Gasteiger partial charge in [-0.3, -0.25) is 4.98 Å². The van der Waals surface area contributed by atoms with E-state index in [-0.39, 0.29) is 5.58 Å². The molecule has 3 aromatic rings. The first-order valence-electron chi connectivity index (χ1n) is 5.76. The van der Waals surface area contributed by atoms with Crippen LogP contribution in [0.2, 0.25) is 0 Å². The maximum absolute atomic E-state index is 12.6. The van der Waals surface area contributed by atoms with Gasteiger partial charge < -0.3 is 10.2 Å². The first-order valence-corrected chi connectivity index (χ1v) is 5.76. The minimum atomic E-state index is -4.39. The van der Waals surface area contributed by atoms with Crippen LogP contribution in [0.5, 0.6) is 0 Å². The maximum atomic E-state index is 12.6. The second-order valence-electron chi connectivity index (χ2n) is 4.34. The van der Waals surface area contributed by atoms with Gasteiger partial charge in [0.1, 0.15) is 11.3 Å². The number of nitrogens with two attached hydrogens (primary N) is 1. The number of halogens is 3. The molecule has 20 heavy (non-hydrogen) atoms. The molecule has 6 heteroatoms. The molecule has 0 aliphatic carbocycles. The van der Waals surface area contributed by atoms with Crippen LogP contribution in [0, 0.1) is 0 Å². The number of nitrogen functional groups attached to an aromatic ring is 1. The Labute approximate surface area is 111 Å². The molecule has 2 heterocycles. The van der Waals surface area contributed by atoms with Crippen molar-refractivity contribution in [3.05, 3.63) is 48.2 Å². The van der Waals surface area contributed by atoms with Gasteiger partial charge in [0.2, 0.25) is 0 Å². The molecule has 3 nitrogen and oxygen atoms in total. The topological polar surface area (TPSA) is 52.0 Å². The Morgan fingerprint density at radius 2 is 1.85 bits per heavy atom. The molecule has 0 saturated heterocycles. The summed E-state index contributed by atoms with van der Waals surface area (Å²) < 4.78 is 43.3. The molecule has 0 aliphatic rings. The third-order valence-electron chi connectivity index (χ3n) is 2.89. The second-order valence-corrected chi connectivity index (χ2v) is 4.34. The number of furan rings is 1. The van der Waals surface area contributed by atoms with Crippen molar-refractivity contribution in [3.8, 4) is 11.5 Å². The monoisotopic (exact) mass is 278 g/mol. The van der Waals surface area contributed by atoms with Crippen LogP contribution < -0.4 is 5.73 Å². The van der Waals surface area contributed by atoms with Crippen molar-refractivity contribution in [2.24, 2.45) is 0 Å². The van der Waals surface area contributed by atoms with Crippen molar-refractivity contribution >= 4 is 16.7 Å². The number of hydrogen-bond acceptors (Lipinski definition) is 3. The van der Waals surface area contributed by atoms with Gasteiger partial charge in [-0.15, -0.1) is 0 Å². The number of fused-ring (bicyclic) bond motifs is 1. The predicted molar refractivity (Wildman–Crippen MR) is 68.9 cm³/mol. The zero-order chi connectivity index (χ0) is 14.3. The molecular formula is C14H9F3N2O. The van der Waals surface area contributed by atoms with Gasteiger partial charge in [-0.05, 0) is 30.3 Å². The first-order chi connectivity index (χ1) is 9.43. The smallest absolute Gasteiger partial charge is 0.416 e. The van der Waals surface area contributed by atoms with Crippen LogP contribution >= 0.6 is 0 Å². The number of benzene rings is 1. The van der Waals surface area contributed by atoms with Crippen LogP contribution in [0.1, 0.15) is 5.56 Å². The van der Waals surface area contributed by atoms with Crippen LogP contribution in [0.15, 0.2) is 47.0 Å². The largest absolute Gasteiger partial charge is 0.454 e. The molecule has 0 radical (unpaired) electrons. The highest BCUT2D eigenvalue weighted by atomic mass is 19.4. The molecular weight excluding hydrogens is 269 g/mol. The molecule has 0 spiro atoms. The van der Waals surface area contributed by atoms with Crippen molar-refractivity contribution in [2.45, 2.75) is 6.18 Å². The molecule has 1 aromatic carbocycles. The SMILES string of the molecule is Nc1ccc(-c2cc3ccc(C(F)(F)F)cc3o2)nc1. The Kier molecular flexibility index (Phi) is 2.67. The lowest BCUT2D eigenvalue weighted by Gasteiger charge is -2.04. The number of alkyl halides is 3. The van der Waals surface area contributed by atoms with Crippen molar-refractivity contribution < 1.29 is 17.6 Å². The molecule has 0 unspecified atom stereocenters. The average Bonchev–Trinajstić information content (AvgIpc) is 2.81. The molecule has 3 rings (SSSR count). The third-order valence-corrected chi connectivity index (χ3v) is 2.89. The quantitative estimate of drug-likeness (QED) is 0.729. The molecule has 2 aromatic heterocycles. The number of hydrogen-bond donors (Lipinski definition) is 1. The fraction of sp³-hybridized carbons (Fsp3) is 0.0714. The molecule has 0 saturated carbocycles. The maximum Gasteiger partial charge on any atom is 0.416 e. The summed E-state index contributed by atoms with van der Waals surface area (Å²) in [6.45, 7) is 0.